The summed E-state index contributed by atoms with van der Waals surface area (Å²) in [6.07, 6.45) is 2.08. The van der Waals surface area contributed by atoms with Gasteiger partial charge in [0.25, 0.3) is 0 Å². The highest BCUT2D eigenvalue weighted by molar-refractivity contribution is 9.09. The average molecular weight is 295 g/mol. The molecule has 1 atom stereocenters. The van der Waals surface area contributed by atoms with Gasteiger partial charge in [-0.05, 0) is 24.5 Å². The molecule has 0 bridgehead atoms. The Balaban J connectivity index is 2.70. The summed E-state index contributed by atoms with van der Waals surface area (Å²) in [7, 11) is 2.02. The van der Waals surface area contributed by atoms with E-state index < -0.39 is 0 Å². The zero-order chi connectivity index (χ0) is 12.7. The molecule has 0 radical (unpaired) electrons. The van der Waals surface area contributed by atoms with Gasteiger partial charge < -0.3 is 0 Å². The lowest BCUT2D eigenvalue weighted by Crippen LogP contribution is -2.03. The molecule has 0 saturated heterocycles. The second kappa shape index (κ2) is 4.37. The van der Waals surface area contributed by atoms with Gasteiger partial charge in [-0.3, -0.25) is 4.79 Å². The average Bonchev–Trinajstić information content (AvgIpc) is 2.53. The van der Waals surface area contributed by atoms with Crippen LogP contribution < -0.4 is 0 Å². The molecule has 0 aliphatic carbocycles. The molecule has 0 amide bonds. The number of hydrogen-bond acceptors (Lipinski definition) is 1. The molecule has 0 spiro atoms. The van der Waals surface area contributed by atoms with E-state index in [-0.39, 0.29) is 10.6 Å². The fourth-order valence-electron chi connectivity index (χ4n) is 2.22. The molecular weight excluding hydrogens is 278 g/mol. The minimum atomic E-state index is 0.136. The third kappa shape index (κ3) is 2.08. The highest BCUT2D eigenvalue weighted by Crippen LogP contribution is 2.39. The fourth-order valence-corrected chi connectivity index (χ4v) is 3.05. The third-order valence-electron chi connectivity index (χ3n) is 3.24. The number of nitrogens with zero attached hydrogens (tertiary/aromatic N) is 1. The summed E-state index contributed by atoms with van der Waals surface area (Å²) >= 11 is 3.61. The van der Waals surface area contributed by atoms with Crippen molar-refractivity contribution in [1.29, 1.82) is 0 Å². The van der Waals surface area contributed by atoms with Gasteiger partial charge in [-0.25, -0.2) is 4.58 Å². The van der Waals surface area contributed by atoms with Gasteiger partial charge in [0.1, 0.15) is 11.9 Å². The van der Waals surface area contributed by atoms with Crippen molar-refractivity contribution in [3.63, 3.8) is 0 Å². The summed E-state index contributed by atoms with van der Waals surface area (Å²) in [6, 6.07) is 4.22. The zero-order valence-electron chi connectivity index (χ0n) is 10.6. The van der Waals surface area contributed by atoms with Gasteiger partial charge in [-0.1, -0.05) is 29.8 Å². The van der Waals surface area contributed by atoms with Gasteiger partial charge in [0.2, 0.25) is 5.69 Å². The Morgan fingerprint density at radius 3 is 2.59 bits per heavy atom. The predicted octanol–water partition coefficient (Wildman–Crippen LogP) is 3.81. The monoisotopic (exact) mass is 294 g/mol. The zero-order valence-corrected chi connectivity index (χ0v) is 12.2. The molecule has 0 N–H and O–H groups in total. The van der Waals surface area contributed by atoms with Crippen molar-refractivity contribution < 1.29 is 9.37 Å². The van der Waals surface area contributed by atoms with E-state index >= 15 is 0 Å². The molecule has 1 aromatic rings. The number of fused-ring (bicyclic) bond motifs is 1. The van der Waals surface area contributed by atoms with Gasteiger partial charge in [-0.2, -0.15) is 0 Å². The fraction of sp³-hybridized carbons (Fsp3) is 0.429. The van der Waals surface area contributed by atoms with Gasteiger partial charge in [0.15, 0.2) is 12.0 Å². The Hall–Kier alpha value is -0.960. The number of alkyl halides is 1. The van der Waals surface area contributed by atoms with Crippen LogP contribution >= 0.6 is 15.9 Å². The third-order valence-corrected chi connectivity index (χ3v) is 3.93. The second-order valence-electron chi connectivity index (χ2n) is 4.87. The summed E-state index contributed by atoms with van der Waals surface area (Å²) in [4.78, 5) is 11.9. The van der Waals surface area contributed by atoms with Gasteiger partial charge in [-0.15, -0.1) is 0 Å². The Morgan fingerprint density at radius 1 is 1.41 bits per heavy atom. The van der Waals surface area contributed by atoms with Gasteiger partial charge >= 0.3 is 0 Å². The predicted molar refractivity (Wildman–Crippen MR) is 74.1 cm³/mol. The summed E-state index contributed by atoms with van der Waals surface area (Å²) < 4.78 is 2.09. The minimum absolute atomic E-state index is 0.136. The maximum Gasteiger partial charge on any atom is 0.210 e. The molecule has 2 nitrogen and oxygen atoms in total. The number of rotatable bonds is 2. The largest absolute Gasteiger partial charge is 0.294 e. The summed E-state index contributed by atoms with van der Waals surface area (Å²) in [5.41, 5.74) is 4.30. The number of halogens is 1. The maximum absolute atomic E-state index is 11.8. The minimum Gasteiger partial charge on any atom is -0.294 e. The van der Waals surface area contributed by atoms with Crippen LogP contribution in [0, 0.1) is 0 Å². The lowest BCUT2D eigenvalue weighted by Gasteiger charge is -2.11. The number of hydrogen-bond donors (Lipinski definition) is 0. The number of carbonyl (C=O) groups is 1. The van der Waals surface area contributed by atoms with E-state index in [4.69, 9.17) is 0 Å². The molecule has 1 aliphatic heterocycles. The quantitative estimate of drug-likeness (QED) is 0.461. The van der Waals surface area contributed by atoms with Gasteiger partial charge in [0, 0.05) is 11.6 Å². The molecule has 1 aliphatic rings. The van der Waals surface area contributed by atoms with Crippen molar-refractivity contribution in [2.24, 2.45) is 0 Å². The number of Topliss-reactive ketones (excluding diaryl/α,β-unsaturated/α-hetero) is 1. The Kier molecular flexibility index (Phi) is 3.21. The molecule has 0 aromatic heterocycles. The Bertz CT molecular complexity index is 517. The Morgan fingerprint density at radius 2 is 2.06 bits per heavy atom. The van der Waals surface area contributed by atoms with Crippen molar-refractivity contribution in [2.75, 3.05) is 7.05 Å². The van der Waals surface area contributed by atoms with E-state index in [0.717, 1.165) is 16.8 Å². The first-order valence-corrected chi connectivity index (χ1v) is 6.74. The van der Waals surface area contributed by atoms with Crippen molar-refractivity contribution in [2.45, 2.75) is 31.5 Å². The SMILES string of the molecule is CC(=O)c1cc(C(C)C)cc2c1C(Br)C=[N+]2C. The summed E-state index contributed by atoms with van der Waals surface area (Å²) in [5, 5.41) is 0. The maximum atomic E-state index is 11.8. The smallest absolute Gasteiger partial charge is 0.210 e. The lowest BCUT2D eigenvalue weighted by atomic mass is 9.93. The highest BCUT2D eigenvalue weighted by Gasteiger charge is 2.31. The van der Waals surface area contributed by atoms with Crippen molar-refractivity contribution in [3.8, 4) is 0 Å². The number of carbonyl (C=O) groups excluding carboxylic acids is 1. The van der Waals surface area contributed by atoms with Crippen LogP contribution in [0.1, 0.15) is 53.0 Å². The lowest BCUT2D eigenvalue weighted by molar-refractivity contribution is -0.396. The number of ketones is 1. The topological polar surface area (TPSA) is 20.1 Å². The van der Waals surface area contributed by atoms with Crippen LogP contribution in [0.25, 0.3) is 0 Å². The highest BCUT2D eigenvalue weighted by atomic mass is 79.9. The first-order valence-electron chi connectivity index (χ1n) is 5.82. The van der Waals surface area contributed by atoms with Crippen LogP contribution in [0.5, 0.6) is 0 Å². The molecule has 0 saturated carbocycles. The molecule has 2 rings (SSSR count). The second-order valence-corrected chi connectivity index (χ2v) is 5.86. The van der Waals surface area contributed by atoms with Crippen LogP contribution in [-0.4, -0.2) is 23.6 Å². The van der Waals surface area contributed by atoms with Crippen LogP contribution in [0.4, 0.5) is 5.69 Å². The van der Waals surface area contributed by atoms with E-state index in [1.165, 1.54) is 5.56 Å². The first-order chi connectivity index (χ1) is 7.91. The molecule has 90 valence electrons. The Labute approximate surface area is 110 Å². The first kappa shape index (κ1) is 12.5. The van der Waals surface area contributed by atoms with Crippen LogP contribution in [0.15, 0.2) is 12.1 Å². The van der Waals surface area contributed by atoms with Crippen molar-refractivity contribution in [3.05, 3.63) is 28.8 Å². The van der Waals surface area contributed by atoms with E-state index in [9.17, 15) is 4.79 Å². The van der Waals surface area contributed by atoms with Crippen molar-refractivity contribution in [1.82, 2.24) is 0 Å². The van der Waals surface area contributed by atoms with Crippen LogP contribution in [-0.2, 0) is 0 Å². The van der Waals surface area contributed by atoms with E-state index in [2.05, 4.69) is 46.6 Å². The molecular formula is C14H17BrNO+. The summed E-state index contributed by atoms with van der Waals surface area (Å²) in [6.45, 7) is 5.93. The van der Waals surface area contributed by atoms with E-state index in [1.54, 1.807) is 6.92 Å². The van der Waals surface area contributed by atoms with Crippen LogP contribution in [0.3, 0.4) is 0 Å². The molecule has 17 heavy (non-hydrogen) atoms. The number of benzene rings is 1. The van der Waals surface area contributed by atoms with Crippen LogP contribution in [0.2, 0.25) is 0 Å². The molecule has 1 heterocycles. The summed E-state index contributed by atoms with van der Waals surface area (Å²) in [5.74, 6) is 0.568. The van der Waals surface area contributed by atoms with Gasteiger partial charge in [0.05, 0.1) is 5.56 Å². The van der Waals surface area contributed by atoms with E-state index in [0.29, 0.717) is 5.92 Å². The standard InChI is InChI=1S/C14H17BrNO/c1-8(2)10-5-11(9(3)17)14-12(15)7-16(4)13(14)6-10/h5-8,12H,1-4H3/q+1. The van der Waals surface area contributed by atoms with E-state index in [1.807, 2.05) is 13.1 Å². The molecule has 1 unspecified atom stereocenters. The molecule has 0 fully saturated rings. The van der Waals surface area contributed by atoms with Crippen molar-refractivity contribution >= 4 is 33.6 Å². The normalized spacial score (nSPS) is 18.2. The molecule has 3 heteroatoms. The molecule has 1 aromatic carbocycles.